The number of aliphatic hydroxyl groups excluding tert-OH is 1. The highest BCUT2D eigenvalue weighted by atomic mass is 31.2. The van der Waals surface area contributed by atoms with Crippen LogP contribution in [0.25, 0.3) is 0 Å². The molecule has 0 heterocycles. The number of ether oxygens (including phenoxy) is 1. The Morgan fingerprint density at radius 2 is 1.24 bits per heavy atom. The Balaban J connectivity index is 3.91. The maximum atomic E-state index is 12.2. The second-order valence-corrected chi connectivity index (χ2v) is 12.8. The number of phosphoric acid groups is 1. The summed E-state index contributed by atoms with van der Waals surface area (Å²) in [6.45, 7) is 2.24. The van der Waals surface area contributed by atoms with Gasteiger partial charge in [0.15, 0.2) is 6.04 Å². The highest BCUT2D eigenvalue weighted by Gasteiger charge is 2.28. The van der Waals surface area contributed by atoms with E-state index < -0.39 is 57.6 Å². The van der Waals surface area contributed by atoms with Crippen molar-refractivity contribution in [3.63, 3.8) is 0 Å². The van der Waals surface area contributed by atoms with Crippen LogP contribution in [0.4, 0.5) is 0 Å². The molecule has 0 bridgehead atoms. The van der Waals surface area contributed by atoms with Crippen molar-refractivity contribution in [2.24, 2.45) is 0 Å². The summed E-state index contributed by atoms with van der Waals surface area (Å²) in [4.78, 5) is 44.9. The van der Waals surface area contributed by atoms with Gasteiger partial charge < -0.3 is 25.2 Å². The molecule has 0 rings (SSSR count). The Labute approximate surface area is 270 Å². The molecule has 0 aliphatic carbocycles. The molecule has 0 aromatic heterocycles. The number of unbranched alkanes of at least 4 members (excludes halogenated alkanes) is 13. The van der Waals surface area contributed by atoms with Crippen molar-refractivity contribution >= 4 is 25.7 Å². The van der Waals surface area contributed by atoms with Gasteiger partial charge in [0.25, 0.3) is 0 Å². The molecule has 3 atom stereocenters. The van der Waals surface area contributed by atoms with E-state index in [0.29, 0.717) is 12.8 Å². The normalized spacial score (nSPS) is 14.4. The van der Waals surface area contributed by atoms with Gasteiger partial charge in [0, 0.05) is 12.8 Å². The number of carbonyl (C=O) groups excluding carboxylic acids is 2. The number of hydrogen-bond acceptors (Lipinski definition) is 8. The summed E-state index contributed by atoms with van der Waals surface area (Å²) in [6.07, 6.45) is 26.3. The fourth-order valence-corrected chi connectivity index (χ4v) is 5.03. The zero-order chi connectivity index (χ0) is 33.6. The summed E-state index contributed by atoms with van der Waals surface area (Å²) in [5, 5.41) is 21.4. The number of esters is 1. The largest absolute Gasteiger partial charge is 0.480 e. The number of carboxylic acids is 1. The number of carbonyl (C=O) groups is 3. The quantitative estimate of drug-likeness (QED) is 0.0259. The fourth-order valence-electron chi connectivity index (χ4n) is 4.26. The van der Waals surface area contributed by atoms with Crippen LogP contribution in [0.5, 0.6) is 0 Å². The minimum absolute atomic E-state index is 0.141. The maximum Gasteiger partial charge on any atom is 0.472 e. The third kappa shape index (κ3) is 29.1. The lowest BCUT2D eigenvalue weighted by Crippen LogP contribution is -2.43. The average Bonchev–Trinajstić information content (AvgIpc) is 3.01. The first-order valence-corrected chi connectivity index (χ1v) is 18.4. The van der Waals surface area contributed by atoms with Gasteiger partial charge >= 0.3 is 19.8 Å². The van der Waals surface area contributed by atoms with Crippen LogP contribution >= 0.6 is 7.82 Å². The second kappa shape index (κ2) is 29.4. The Kier molecular flexibility index (Phi) is 28.0. The van der Waals surface area contributed by atoms with Gasteiger partial charge in [-0.05, 0) is 44.9 Å². The van der Waals surface area contributed by atoms with E-state index in [1.807, 2.05) is 6.92 Å². The highest BCUT2D eigenvalue weighted by molar-refractivity contribution is 7.47. The van der Waals surface area contributed by atoms with E-state index in [4.69, 9.17) is 9.26 Å². The smallest absolute Gasteiger partial charge is 0.472 e. The molecular formula is C33H60NO10P. The van der Waals surface area contributed by atoms with Crippen molar-refractivity contribution < 1.29 is 47.8 Å². The summed E-state index contributed by atoms with van der Waals surface area (Å²) < 4.78 is 26.2. The van der Waals surface area contributed by atoms with Crippen LogP contribution < -0.4 is 5.32 Å². The van der Waals surface area contributed by atoms with Crippen LogP contribution in [0.2, 0.25) is 0 Å². The third-order valence-electron chi connectivity index (χ3n) is 6.99. The molecule has 11 nitrogen and oxygen atoms in total. The standard InChI is InChI=1S/C33H60NO10P/c1-3-5-7-8-9-10-11-12-13-14-15-16-17-18-19-20-21-22-23-24-31(36)34-30(33(38)39)28-44-45(40,41)43-27-29(35)26-42-32(37)25-6-4-2/h9-10,12-13,29-30,35H,3-8,11,14-28H2,1-2H3,(H,34,36)(H,38,39)(H,40,41)/b10-9-,13-12-. The predicted molar refractivity (Wildman–Crippen MR) is 176 cm³/mol. The fraction of sp³-hybridized carbons (Fsp3) is 0.788. The predicted octanol–water partition coefficient (Wildman–Crippen LogP) is 7.16. The monoisotopic (exact) mass is 661 g/mol. The van der Waals surface area contributed by atoms with E-state index in [-0.39, 0.29) is 12.8 Å². The lowest BCUT2D eigenvalue weighted by Gasteiger charge is -2.18. The highest BCUT2D eigenvalue weighted by Crippen LogP contribution is 2.43. The van der Waals surface area contributed by atoms with Gasteiger partial charge in [0.1, 0.15) is 12.7 Å². The Bertz CT molecular complexity index is 880. The zero-order valence-electron chi connectivity index (χ0n) is 27.7. The minimum Gasteiger partial charge on any atom is -0.480 e. The number of allylic oxidation sites excluding steroid dienone is 4. The molecule has 45 heavy (non-hydrogen) atoms. The molecule has 0 aliphatic rings. The lowest BCUT2D eigenvalue weighted by atomic mass is 10.1. The number of hydrogen-bond donors (Lipinski definition) is 4. The van der Waals surface area contributed by atoms with Crippen molar-refractivity contribution in [3.8, 4) is 0 Å². The van der Waals surface area contributed by atoms with Crippen molar-refractivity contribution in [2.75, 3.05) is 19.8 Å². The number of aliphatic carboxylic acids is 1. The molecule has 4 N–H and O–H groups in total. The molecular weight excluding hydrogens is 601 g/mol. The average molecular weight is 662 g/mol. The molecule has 0 saturated carbocycles. The van der Waals surface area contributed by atoms with Crippen molar-refractivity contribution in [2.45, 2.75) is 148 Å². The Hall–Kier alpha value is -2.04. The van der Waals surface area contributed by atoms with E-state index in [2.05, 4.69) is 41.1 Å². The van der Waals surface area contributed by atoms with E-state index in [1.165, 1.54) is 51.4 Å². The minimum atomic E-state index is -4.73. The van der Waals surface area contributed by atoms with Crippen LogP contribution in [0.15, 0.2) is 24.3 Å². The topological polar surface area (TPSA) is 169 Å². The van der Waals surface area contributed by atoms with Crippen LogP contribution in [0.1, 0.15) is 136 Å². The molecule has 0 spiro atoms. The number of amides is 1. The summed E-state index contributed by atoms with van der Waals surface area (Å²) in [5.74, 6) is -2.42. The van der Waals surface area contributed by atoms with Crippen LogP contribution in [0.3, 0.4) is 0 Å². The van der Waals surface area contributed by atoms with Gasteiger partial charge in [-0.3, -0.25) is 18.6 Å². The third-order valence-corrected chi connectivity index (χ3v) is 7.94. The SMILES string of the molecule is CCCCC/C=C\C/C=C\CCCCCCCCCCCC(=O)NC(COP(=O)(O)OCC(O)COC(=O)CCCC)C(=O)O. The molecule has 0 saturated heterocycles. The zero-order valence-corrected chi connectivity index (χ0v) is 28.6. The first kappa shape index (κ1) is 43.0. The maximum absolute atomic E-state index is 12.2. The summed E-state index contributed by atoms with van der Waals surface area (Å²) in [6, 6.07) is -1.54. The van der Waals surface area contributed by atoms with Gasteiger partial charge in [-0.15, -0.1) is 0 Å². The molecule has 0 aromatic carbocycles. The van der Waals surface area contributed by atoms with E-state index in [9.17, 15) is 34.1 Å². The number of rotatable bonds is 31. The number of nitrogens with one attached hydrogen (secondary N) is 1. The van der Waals surface area contributed by atoms with Gasteiger partial charge in [-0.1, -0.05) is 102 Å². The summed E-state index contributed by atoms with van der Waals surface area (Å²) >= 11 is 0. The van der Waals surface area contributed by atoms with Crippen molar-refractivity contribution in [1.29, 1.82) is 0 Å². The molecule has 0 fully saturated rings. The lowest BCUT2D eigenvalue weighted by molar-refractivity contribution is -0.147. The van der Waals surface area contributed by atoms with Crippen molar-refractivity contribution in [1.82, 2.24) is 5.32 Å². The van der Waals surface area contributed by atoms with Crippen LogP contribution in [0, 0.1) is 0 Å². The van der Waals surface area contributed by atoms with E-state index in [0.717, 1.165) is 44.9 Å². The molecule has 12 heteroatoms. The molecule has 262 valence electrons. The molecule has 0 aliphatic heterocycles. The first-order chi connectivity index (χ1) is 21.6. The van der Waals surface area contributed by atoms with E-state index >= 15 is 0 Å². The summed E-state index contributed by atoms with van der Waals surface area (Å²) in [5.41, 5.74) is 0. The molecule has 0 radical (unpaired) electrons. The first-order valence-electron chi connectivity index (χ1n) is 16.9. The summed E-state index contributed by atoms with van der Waals surface area (Å²) in [7, 11) is -4.73. The van der Waals surface area contributed by atoms with Gasteiger partial charge in [0.05, 0.1) is 13.2 Å². The van der Waals surface area contributed by atoms with Crippen LogP contribution in [-0.4, -0.2) is 64.9 Å². The van der Waals surface area contributed by atoms with E-state index in [1.54, 1.807) is 0 Å². The molecule has 0 aromatic rings. The number of carboxylic acid groups (broad SMARTS) is 1. The molecule has 1 amide bonds. The van der Waals surface area contributed by atoms with Gasteiger partial charge in [-0.2, -0.15) is 0 Å². The second-order valence-electron chi connectivity index (χ2n) is 11.4. The number of phosphoric ester groups is 1. The Morgan fingerprint density at radius 3 is 1.82 bits per heavy atom. The Morgan fingerprint density at radius 1 is 0.711 bits per heavy atom. The number of aliphatic hydroxyl groups is 1. The van der Waals surface area contributed by atoms with Gasteiger partial charge in [0.2, 0.25) is 5.91 Å². The molecule has 3 unspecified atom stereocenters. The van der Waals surface area contributed by atoms with Crippen LogP contribution in [-0.2, 0) is 32.7 Å². The van der Waals surface area contributed by atoms with Gasteiger partial charge in [-0.25, -0.2) is 9.36 Å². The van der Waals surface area contributed by atoms with Crippen molar-refractivity contribution in [3.05, 3.63) is 24.3 Å².